The van der Waals surface area contributed by atoms with Crippen molar-refractivity contribution >= 4 is 37.1 Å². The maximum atomic E-state index is 13.7. The molecule has 2 radical (unpaired) electrons. The average molecular weight is 443 g/mol. The molecule has 0 aliphatic rings. The van der Waals surface area contributed by atoms with Crippen LogP contribution in [0.2, 0.25) is 0 Å². The van der Waals surface area contributed by atoms with Crippen LogP contribution in [-0.2, 0) is 9.53 Å². The second kappa shape index (κ2) is 10.1. The van der Waals surface area contributed by atoms with Gasteiger partial charge in [0.25, 0.3) is 0 Å². The molecule has 1 atom stereocenters. The molecule has 1 aromatic heterocycles. The van der Waals surface area contributed by atoms with Crippen LogP contribution >= 0.6 is 0 Å². The van der Waals surface area contributed by atoms with Crippen LogP contribution in [-0.4, -0.2) is 48.1 Å². The summed E-state index contributed by atoms with van der Waals surface area (Å²) in [4.78, 5) is 39.4. The zero-order chi connectivity index (χ0) is 24.1. The van der Waals surface area contributed by atoms with E-state index in [1.54, 1.807) is 20.8 Å². The summed E-state index contributed by atoms with van der Waals surface area (Å²) in [7, 11) is 5.75. The number of carboxylic acids is 1. The molecule has 0 bridgehead atoms. The molecule has 1 aromatic carbocycles. The van der Waals surface area contributed by atoms with E-state index in [1.807, 2.05) is 0 Å². The highest BCUT2D eigenvalue weighted by Crippen LogP contribution is 2.29. The molecule has 0 unspecified atom stereocenters. The molecule has 11 heteroatoms. The third-order valence-electron chi connectivity index (χ3n) is 3.91. The number of hydrogen-bond donors (Lipinski definition) is 3. The summed E-state index contributed by atoms with van der Waals surface area (Å²) in [5.41, 5.74) is -0.552. The number of anilines is 1. The third-order valence-corrected chi connectivity index (χ3v) is 3.91. The van der Waals surface area contributed by atoms with Gasteiger partial charge in [-0.3, -0.25) is 4.79 Å². The molecular weight excluding hydrogens is 420 g/mol. The summed E-state index contributed by atoms with van der Waals surface area (Å²) in [5, 5.41) is 14.1. The maximum Gasteiger partial charge on any atom is 0.408 e. The molecule has 0 saturated heterocycles. The number of carboxylic acid groups (broad SMARTS) is 1. The lowest BCUT2D eigenvalue weighted by Gasteiger charge is -2.20. The zero-order valence-corrected chi connectivity index (χ0v) is 18.1. The molecule has 0 aliphatic heterocycles. The first-order chi connectivity index (χ1) is 14.9. The van der Waals surface area contributed by atoms with Gasteiger partial charge in [-0.05, 0) is 52.0 Å². The first-order valence-electron chi connectivity index (χ1n) is 9.57. The number of hydrogen-bond acceptors (Lipinski definition) is 6. The highest BCUT2D eigenvalue weighted by molar-refractivity contribution is 6.32. The van der Waals surface area contributed by atoms with Crippen molar-refractivity contribution in [3.8, 4) is 5.75 Å². The lowest BCUT2D eigenvalue weighted by molar-refractivity contribution is -0.115. The number of nitrogens with zero attached hydrogens (tertiary/aromatic N) is 1. The molecule has 32 heavy (non-hydrogen) atoms. The molecular formula is C21H23BFN3O6. The number of alkyl carbamates (subject to hydrolysis) is 1. The molecule has 2 aromatic rings. The van der Waals surface area contributed by atoms with Gasteiger partial charge in [-0.2, -0.15) is 0 Å². The van der Waals surface area contributed by atoms with Crippen molar-refractivity contribution in [2.45, 2.75) is 39.4 Å². The first kappa shape index (κ1) is 24.6. The van der Waals surface area contributed by atoms with Crippen LogP contribution < -0.4 is 20.8 Å². The first-order valence-corrected chi connectivity index (χ1v) is 9.57. The van der Waals surface area contributed by atoms with E-state index in [1.165, 1.54) is 19.2 Å². The summed E-state index contributed by atoms with van der Waals surface area (Å²) in [6.07, 6.45) is -0.412. The smallest absolute Gasteiger partial charge is 0.408 e. The lowest BCUT2D eigenvalue weighted by Crippen LogP contribution is -2.37. The number of carbonyl (C=O) groups excluding carboxylic acids is 2. The number of ether oxygens (including phenoxy) is 2. The largest absolute Gasteiger partial charge is 0.482 e. The second-order valence-electron chi connectivity index (χ2n) is 7.82. The summed E-state index contributed by atoms with van der Waals surface area (Å²) in [5.74, 6) is -2.49. The number of nitrogens with one attached hydrogen (secondary N) is 2. The zero-order valence-electron chi connectivity index (χ0n) is 18.1. The van der Waals surface area contributed by atoms with Gasteiger partial charge in [0.15, 0.2) is 11.6 Å². The fourth-order valence-corrected chi connectivity index (χ4v) is 2.60. The third kappa shape index (κ3) is 7.26. The number of amides is 2. The number of pyridine rings is 1. The van der Waals surface area contributed by atoms with E-state index in [0.29, 0.717) is 0 Å². The van der Waals surface area contributed by atoms with Crippen LogP contribution in [0.3, 0.4) is 0 Å². The van der Waals surface area contributed by atoms with Crippen LogP contribution in [0, 0.1) is 5.82 Å². The van der Waals surface area contributed by atoms with Crippen molar-refractivity contribution < 1.29 is 33.4 Å². The SMILES string of the molecule is [B]c1cnc(NC(=O)CNC(=O)OC(C)(C)C)c(O[C@H](C)c2cc(F)ccc2C(=O)O)c1. The van der Waals surface area contributed by atoms with E-state index < -0.39 is 42.0 Å². The van der Waals surface area contributed by atoms with Crippen molar-refractivity contribution in [1.29, 1.82) is 0 Å². The Balaban J connectivity index is 2.15. The molecule has 0 aliphatic carbocycles. The van der Waals surface area contributed by atoms with Crippen molar-refractivity contribution in [2.75, 3.05) is 11.9 Å². The van der Waals surface area contributed by atoms with Crippen molar-refractivity contribution in [3.05, 3.63) is 47.4 Å². The molecule has 3 N–H and O–H groups in total. The van der Waals surface area contributed by atoms with Gasteiger partial charge >= 0.3 is 12.1 Å². The molecule has 0 saturated carbocycles. The summed E-state index contributed by atoms with van der Waals surface area (Å²) >= 11 is 0. The summed E-state index contributed by atoms with van der Waals surface area (Å²) in [6, 6.07) is 4.59. The van der Waals surface area contributed by atoms with Gasteiger partial charge in [-0.1, -0.05) is 5.46 Å². The van der Waals surface area contributed by atoms with E-state index in [0.717, 1.165) is 18.2 Å². The number of carbonyl (C=O) groups is 3. The van der Waals surface area contributed by atoms with Gasteiger partial charge in [0.05, 0.1) is 5.56 Å². The normalized spacial score (nSPS) is 11.9. The second-order valence-corrected chi connectivity index (χ2v) is 7.82. The minimum Gasteiger partial charge on any atom is -0.482 e. The molecule has 2 rings (SSSR count). The summed E-state index contributed by atoms with van der Waals surface area (Å²) in [6.45, 7) is 6.17. The van der Waals surface area contributed by atoms with Gasteiger partial charge in [0.2, 0.25) is 5.91 Å². The van der Waals surface area contributed by atoms with E-state index in [-0.39, 0.29) is 28.2 Å². The number of aromatic nitrogens is 1. The Bertz CT molecular complexity index is 1030. The van der Waals surface area contributed by atoms with E-state index in [2.05, 4.69) is 15.6 Å². The van der Waals surface area contributed by atoms with Crippen molar-refractivity contribution in [1.82, 2.24) is 10.3 Å². The Labute approximate surface area is 185 Å². The molecule has 0 spiro atoms. The standard InChI is InChI=1S/C21H23BFN3O6/c1-11(15-8-13(23)5-6-14(15)19(28)29)31-16-7-12(22)9-24-18(16)26-17(27)10-25-20(30)32-21(2,3)4/h5-9,11H,10H2,1-4H3,(H,25,30)(H,28,29)(H,24,26,27)/t11-/m1/s1. The number of rotatable bonds is 7. The van der Waals surface area contributed by atoms with E-state index in [4.69, 9.17) is 17.3 Å². The Morgan fingerprint density at radius 3 is 2.56 bits per heavy atom. The van der Waals surface area contributed by atoms with Crippen molar-refractivity contribution in [2.24, 2.45) is 0 Å². The van der Waals surface area contributed by atoms with Crippen LogP contribution in [0.4, 0.5) is 15.0 Å². The number of aromatic carboxylic acids is 1. The quantitative estimate of drug-likeness (QED) is 0.561. The fraction of sp³-hybridized carbons (Fsp3) is 0.333. The van der Waals surface area contributed by atoms with Gasteiger partial charge in [-0.15, -0.1) is 0 Å². The van der Waals surface area contributed by atoms with Crippen LogP contribution in [0.25, 0.3) is 0 Å². The van der Waals surface area contributed by atoms with Crippen molar-refractivity contribution in [3.63, 3.8) is 0 Å². The van der Waals surface area contributed by atoms with Gasteiger partial charge in [-0.25, -0.2) is 19.0 Å². The maximum absolute atomic E-state index is 13.7. The summed E-state index contributed by atoms with van der Waals surface area (Å²) < 4.78 is 24.5. The molecule has 9 nitrogen and oxygen atoms in total. The molecule has 0 fully saturated rings. The van der Waals surface area contributed by atoms with Gasteiger partial charge in [0.1, 0.15) is 31.9 Å². The van der Waals surface area contributed by atoms with Crippen LogP contribution in [0.1, 0.15) is 49.7 Å². The monoisotopic (exact) mass is 443 g/mol. The number of benzene rings is 1. The fourth-order valence-electron chi connectivity index (χ4n) is 2.60. The highest BCUT2D eigenvalue weighted by Gasteiger charge is 2.21. The Morgan fingerprint density at radius 2 is 1.94 bits per heavy atom. The Morgan fingerprint density at radius 1 is 1.25 bits per heavy atom. The Hall–Kier alpha value is -3.63. The average Bonchev–Trinajstić information content (AvgIpc) is 2.66. The highest BCUT2D eigenvalue weighted by atomic mass is 19.1. The van der Waals surface area contributed by atoms with E-state index in [9.17, 15) is 23.9 Å². The van der Waals surface area contributed by atoms with E-state index >= 15 is 0 Å². The van der Waals surface area contributed by atoms with Gasteiger partial charge in [0, 0.05) is 11.8 Å². The predicted molar refractivity (Wildman–Crippen MR) is 115 cm³/mol. The minimum absolute atomic E-state index is 0.0182. The predicted octanol–water partition coefficient (Wildman–Crippen LogP) is 2.32. The van der Waals surface area contributed by atoms with Crippen LogP contribution in [0.15, 0.2) is 30.5 Å². The number of halogens is 1. The van der Waals surface area contributed by atoms with Crippen LogP contribution in [0.5, 0.6) is 5.75 Å². The molecule has 168 valence electrons. The molecule has 1 heterocycles. The minimum atomic E-state index is -1.25. The lowest BCUT2D eigenvalue weighted by atomic mass is 9.98. The van der Waals surface area contributed by atoms with Gasteiger partial charge < -0.3 is 25.2 Å². The molecule has 2 amide bonds. The Kier molecular flexibility index (Phi) is 7.79. The topological polar surface area (TPSA) is 127 Å².